The van der Waals surface area contributed by atoms with Crippen LogP contribution in [0.15, 0.2) is 18.2 Å². The van der Waals surface area contributed by atoms with Crippen LogP contribution >= 0.6 is 0 Å². The summed E-state index contributed by atoms with van der Waals surface area (Å²) in [7, 11) is -3.10. The average Bonchev–Trinajstić information content (AvgIpc) is 2.23. The third-order valence-electron chi connectivity index (χ3n) is 2.30. The molecule has 0 spiro atoms. The zero-order valence-electron chi connectivity index (χ0n) is 10.1. The Kier molecular flexibility index (Phi) is 4.78. The van der Waals surface area contributed by atoms with E-state index in [4.69, 9.17) is 0 Å². The molecule has 1 aromatic rings. The van der Waals surface area contributed by atoms with E-state index in [1.807, 2.05) is 0 Å². The minimum atomic E-state index is -4.59. The molecular formula is C11H13F4NO2S. The first kappa shape index (κ1) is 15.7. The van der Waals surface area contributed by atoms with Gasteiger partial charge < -0.3 is 5.32 Å². The van der Waals surface area contributed by atoms with Crippen molar-refractivity contribution in [2.45, 2.75) is 12.6 Å². The highest BCUT2D eigenvalue weighted by molar-refractivity contribution is 7.90. The van der Waals surface area contributed by atoms with Gasteiger partial charge in [-0.3, -0.25) is 0 Å². The second-order valence-corrected chi connectivity index (χ2v) is 6.36. The summed E-state index contributed by atoms with van der Waals surface area (Å²) in [5, 5.41) is 2.56. The van der Waals surface area contributed by atoms with Crippen LogP contribution < -0.4 is 5.32 Å². The number of alkyl halides is 3. The lowest BCUT2D eigenvalue weighted by molar-refractivity contribution is -0.137. The average molecular weight is 299 g/mol. The summed E-state index contributed by atoms with van der Waals surface area (Å²) in [5.74, 6) is -1.09. The number of rotatable bonds is 5. The highest BCUT2D eigenvalue weighted by Gasteiger charge is 2.31. The molecule has 0 aromatic heterocycles. The molecule has 108 valence electrons. The first-order valence-corrected chi connectivity index (χ1v) is 7.44. The van der Waals surface area contributed by atoms with E-state index in [1.54, 1.807) is 0 Å². The second kappa shape index (κ2) is 5.77. The Labute approximate surface area is 108 Å². The van der Waals surface area contributed by atoms with E-state index >= 15 is 0 Å². The smallest absolute Gasteiger partial charge is 0.383 e. The van der Waals surface area contributed by atoms with Crippen molar-refractivity contribution >= 4 is 15.5 Å². The van der Waals surface area contributed by atoms with Gasteiger partial charge in [0.1, 0.15) is 15.7 Å². The van der Waals surface area contributed by atoms with Crippen molar-refractivity contribution in [1.82, 2.24) is 0 Å². The number of anilines is 1. The van der Waals surface area contributed by atoms with Gasteiger partial charge in [-0.15, -0.1) is 0 Å². The topological polar surface area (TPSA) is 46.2 Å². The summed E-state index contributed by atoms with van der Waals surface area (Å²) in [5.41, 5.74) is -1.15. The van der Waals surface area contributed by atoms with E-state index < -0.39 is 27.4 Å². The highest BCUT2D eigenvalue weighted by Crippen LogP contribution is 2.31. The molecular weight excluding hydrogens is 286 g/mol. The highest BCUT2D eigenvalue weighted by atomic mass is 32.2. The zero-order chi connectivity index (χ0) is 14.7. The molecule has 0 unspecified atom stereocenters. The van der Waals surface area contributed by atoms with Gasteiger partial charge in [0.25, 0.3) is 0 Å². The lowest BCUT2D eigenvalue weighted by Crippen LogP contribution is -2.11. The Morgan fingerprint density at radius 2 is 1.89 bits per heavy atom. The Morgan fingerprint density at radius 3 is 2.37 bits per heavy atom. The summed E-state index contributed by atoms with van der Waals surface area (Å²) in [6.07, 6.45) is -3.26. The molecule has 0 aliphatic carbocycles. The zero-order valence-corrected chi connectivity index (χ0v) is 10.9. The van der Waals surface area contributed by atoms with Gasteiger partial charge in [0.05, 0.1) is 17.0 Å². The van der Waals surface area contributed by atoms with E-state index in [9.17, 15) is 26.0 Å². The van der Waals surface area contributed by atoms with Crippen LogP contribution in [0.1, 0.15) is 12.0 Å². The fourth-order valence-electron chi connectivity index (χ4n) is 1.39. The van der Waals surface area contributed by atoms with E-state index in [1.165, 1.54) is 0 Å². The molecule has 19 heavy (non-hydrogen) atoms. The molecule has 8 heteroatoms. The molecule has 0 fully saturated rings. The molecule has 0 amide bonds. The van der Waals surface area contributed by atoms with Crippen LogP contribution in [0.2, 0.25) is 0 Å². The second-order valence-electron chi connectivity index (χ2n) is 4.10. The fraction of sp³-hybridized carbons (Fsp3) is 0.455. The van der Waals surface area contributed by atoms with E-state index in [-0.39, 0.29) is 24.4 Å². The van der Waals surface area contributed by atoms with Crippen molar-refractivity contribution in [2.75, 3.05) is 23.9 Å². The quantitative estimate of drug-likeness (QED) is 0.671. The van der Waals surface area contributed by atoms with Gasteiger partial charge in [-0.2, -0.15) is 13.2 Å². The van der Waals surface area contributed by atoms with Crippen LogP contribution in [0.4, 0.5) is 23.2 Å². The SMILES string of the molecule is CS(=O)(=O)CCCNc1ccc(C(F)(F)F)cc1F. The first-order chi connectivity index (χ1) is 8.59. The van der Waals surface area contributed by atoms with Gasteiger partial charge in [0.2, 0.25) is 0 Å². The molecule has 0 aliphatic heterocycles. The minimum Gasteiger partial charge on any atom is -0.383 e. The number of benzene rings is 1. The molecule has 0 saturated carbocycles. The summed E-state index contributed by atoms with van der Waals surface area (Å²) in [6.45, 7) is 0.162. The van der Waals surface area contributed by atoms with E-state index in [2.05, 4.69) is 5.32 Å². The molecule has 0 aliphatic rings. The molecule has 0 radical (unpaired) electrons. The van der Waals surface area contributed by atoms with Gasteiger partial charge in [-0.1, -0.05) is 0 Å². The number of hydrogen-bond acceptors (Lipinski definition) is 3. The number of hydrogen-bond donors (Lipinski definition) is 1. The minimum absolute atomic E-state index is 0.0672. The molecule has 1 N–H and O–H groups in total. The maximum atomic E-state index is 13.4. The van der Waals surface area contributed by atoms with Crippen molar-refractivity contribution in [3.63, 3.8) is 0 Å². The molecule has 0 heterocycles. The number of halogens is 4. The van der Waals surface area contributed by atoms with E-state index in [0.717, 1.165) is 18.4 Å². The lowest BCUT2D eigenvalue weighted by atomic mass is 10.2. The molecule has 1 rings (SSSR count). The van der Waals surface area contributed by atoms with Gasteiger partial charge in [0, 0.05) is 12.8 Å². The summed E-state index contributed by atoms with van der Waals surface area (Å²) in [4.78, 5) is 0. The third-order valence-corrected chi connectivity index (χ3v) is 3.33. The monoisotopic (exact) mass is 299 g/mol. The fourth-order valence-corrected chi connectivity index (χ4v) is 2.06. The maximum absolute atomic E-state index is 13.4. The first-order valence-electron chi connectivity index (χ1n) is 5.38. The van der Waals surface area contributed by atoms with Crippen molar-refractivity contribution in [3.05, 3.63) is 29.6 Å². The van der Waals surface area contributed by atoms with Crippen molar-refractivity contribution < 1.29 is 26.0 Å². The lowest BCUT2D eigenvalue weighted by Gasteiger charge is -2.10. The van der Waals surface area contributed by atoms with Gasteiger partial charge >= 0.3 is 6.18 Å². The predicted octanol–water partition coefficient (Wildman–Crippen LogP) is 2.69. The van der Waals surface area contributed by atoms with Crippen LogP contribution in [-0.2, 0) is 16.0 Å². The largest absolute Gasteiger partial charge is 0.416 e. The summed E-state index contributed by atoms with van der Waals surface area (Å²) < 4.78 is 71.9. The Balaban J connectivity index is 2.61. The van der Waals surface area contributed by atoms with Crippen molar-refractivity contribution in [1.29, 1.82) is 0 Å². The standard InChI is InChI=1S/C11H13F4NO2S/c1-19(17,18)6-2-5-16-10-4-3-8(7-9(10)12)11(13,14)15/h3-4,7,16H,2,5-6H2,1H3. The molecule has 3 nitrogen and oxygen atoms in total. The molecule has 0 bridgehead atoms. The van der Waals surface area contributed by atoms with Gasteiger partial charge in [-0.05, 0) is 24.6 Å². The summed E-state index contributed by atoms with van der Waals surface area (Å²) >= 11 is 0. The third kappa shape index (κ3) is 5.46. The summed E-state index contributed by atoms with van der Waals surface area (Å²) in [6, 6.07) is 2.15. The van der Waals surface area contributed by atoms with Crippen LogP contribution in [0.5, 0.6) is 0 Å². The Morgan fingerprint density at radius 1 is 1.26 bits per heavy atom. The van der Waals surface area contributed by atoms with Crippen LogP contribution in [0, 0.1) is 5.82 Å². The van der Waals surface area contributed by atoms with Crippen molar-refractivity contribution in [2.24, 2.45) is 0 Å². The van der Waals surface area contributed by atoms with Crippen LogP contribution in [0.25, 0.3) is 0 Å². The van der Waals surface area contributed by atoms with Crippen LogP contribution in [0.3, 0.4) is 0 Å². The number of sulfone groups is 1. The van der Waals surface area contributed by atoms with Crippen LogP contribution in [-0.4, -0.2) is 27.0 Å². The van der Waals surface area contributed by atoms with E-state index in [0.29, 0.717) is 6.07 Å². The Bertz CT molecular complexity index is 540. The number of nitrogens with one attached hydrogen (secondary N) is 1. The molecule has 0 atom stereocenters. The Hall–Kier alpha value is -1.31. The normalized spacial score (nSPS) is 12.5. The van der Waals surface area contributed by atoms with Gasteiger partial charge in [0.15, 0.2) is 0 Å². The molecule has 1 aromatic carbocycles. The maximum Gasteiger partial charge on any atom is 0.416 e. The molecule has 0 saturated heterocycles. The predicted molar refractivity (Wildman–Crippen MR) is 64.2 cm³/mol. The van der Waals surface area contributed by atoms with Gasteiger partial charge in [-0.25, -0.2) is 12.8 Å². The van der Waals surface area contributed by atoms with Crippen molar-refractivity contribution in [3.8, 4) is 0 Å².